The van der Waals surface area contributed by atoms with Crippen LogP contribution >= 0.6 is 23.4 Å². The first-order valence-corrected chi connectivity index (χ1v) is 5.69. The largest absolute Gasteiger partial charge is 0.397 e. The third-order valence-corrected chi connectivity index (χ3v) is 3.34. The number of rotatable bonds is 2. The molecular weight excluding hydrogens is 247 g/mol. The van der Waals surface area contributed by atoms with Crippen LogP contribution in [0.15, 0.2) is 46.5 Å². The lowest BCUT2D eigenvalue weighted by Gasteiger charge is -2.04. The van der Waals surface area contributed by atoms with Crippen molar-refractivity contribution < 1.29 is 4.39 Å². The van der Waals surface area contributed by atoms with Crippen molar-refractivity contribution in [3.8, 4) is 0 Å². The van der Waals surface area contributed by atoms with Crippen molar-refractivity contribution in [1.29, 1.82) is 0 Å². The quantitative estimate of drug-likeness (QED) is 0.890. The summed E-state index contributed by atoms with van der Waals surface area (Å²) in [5.41, 5.74) is 6.01. The number of hydrogen-bond acceptors (Lipinski definition) is 3. The predicted molar refractivity (Wildman–Crippen MR) is 64.2 cm³/mol. The van der Waals surface area contributed by atoms with Crippen LogP contribution < -0.4 is 5.73 Å². The first-order valence-electron chi connectivity index (χ1n) is 4.50. The summed E-state index contributed by atoms with van der Waals surface area (Å²) in [6.45, 7) is 0. The molecule has 2 N–H and O–H groups in total. The Morgan fingerprint density at radius 2 is 2.06 bits per heavy atom. The van der Waals surface area contributed by atoms with Crippen molar-refractivity contribution >= 4 is 29.1 Å². The van der Waals surface area contributed by atoms with Gasteiger partial charge in [0.2, 0.25) is 0 Å². The van der Waals surface area contributed by atoms with Gasteiger partial charge in [-0.05, 0) is 18.2 Å². The van der Waals surface area contributed by atoms with E-state index in [4.69, 9.17) is 17.3 Å². The molecule has 0 atom stereocenters. The summed E-state index contributed by atoms with van der Waals surface area (Å²) < 4.78 is 13.4. The summed E-state index contributed by atoms with van der Waals surface area (Å²) in [6, 6.07) is 8.06. The van der Waals surface area contributed by atoms with Gasteiger partial charge in [0.25, 0.3) is 0 Å². The predicted octanol–water partition coefficient (Wildman–Crippen LogP) is 3.61. The van der Waals surface area contributed by atoms with E-state index in [1.807, 2.05) is 0 Å². The molecule has 2 nitrogen and oxygen atoms in total. The first-order chi connectivity index (χ1) is 7.66. The summed E-state index contributed by atoms with van der Waals surface area (Å²) in [5, 5.41) is 0.967. The molecule has 16 heavy (non-hydrogen) atoms. The molecule has 82 valence electrons. The number of pyridine rings is 1. The number of nitrogens with two attached hydrogens (primary N) is 1. The number of nitrogens with zero attached hydrogens (tertiary/aromatic N) is 1. The minimum absolute atomic E-state index is 0.290. The van der Waals surface area contributed by atoms with Crippen LogP contribution in [0.4, 0.5) is 10.1 Å². The Morgan fingerprint density at radius 3 is 2.75 bits per heavy atom. The molecule has 1 aromatic carbocycles. The number of halogens is 2. The fourth-order valence-corrected chi connectivity index (χ4v) is 2.22. The van der Waals surface area contributed by atoms with E-state index in [2.05, 4.69) is 4.98 Å². The monoisotopic (exact) mass is 254 g/mol. The Hall–Kier alpha value is -1.26. The van der Waals surface area contributed by atoms with Crippen LogP contribution in [0.25, 0.3) is 0 Å². The van der Waals surface area contributed by atoms with Gasteiger partial charge in [0.15, 0.2) is 0 Å². The van der Waals surface area contributed by atoms with Gasteiger partial charge in [0.1, 0.15) is 10.8 Å². The molecule has 2 aromatic rings. The average molecular weight is 255 g/mol. The van der Waals surface area contributed by atoms with Gasteiger partial charge in [-0.1, -0.05) is 35.5 Å². The molecule has 0 aliphatic heterocycles. The summed E-state index contributed by atoms with van der Waals surface area (Å²) >= 11 is 7.12. The van der Waals surface area contributed by atoms with E-state index < -0.39 is 0 Å². The van der Waals surface area contributed by atoms with Crippen LogP contribution in [-0.4, -0.2) is 4.98 Å². The highest BCUT2D eigenvalue weighted by Crippen LogP contribution is 2.33. The molecule has 1 aromatic heterocycles. The lowest BCUT2D eigenvalue weighted by Crippen LogP contribution is -1.89. The molecule has 1 heterocycles. The molecule has 0 saturated heterocycles. The van der Waals surface area contributed by atoms with Gasteiger partial charge in [-0.15, -0.1) is 0 Å². The van der Waals surface area contributed by atoms with Gasteiger partial charge in [-0.3, -0.25) is 0 Å². The fraction of sp³-hybridized carbons (Fsp3) is 0. The second-order valence-electron chi connectivity index (χ2n) is 3.09. The molecule has 0 fully saturated rings. The van der Waals surface area contributed by atoms with Crippen LogP contribution in [0, 0.1) is 5.82 Å². The molecule has 0 aliphatic rings. The minimum Gasteiger partial charge on any atom is -0.397 e. The number of nitrogen functional groups attached to an aromatic ring is 1. The summed E-state index contributed by atoms with van der Waals surface area (Å²) in [7, 11) is 0. The van der Waals surface area contributed by atoms with Gasteiger partial charge in [0.05, 0.1) is 16.9 Å². The number of hydrogen-bond donors (Lipinski definition) is 1. The van der Waals surface area contributed by atoms with Gasteiger partial charge in [-0.25, -0.2) is 9.37 Å². The van der Waals surface area contributed by atoms with Crippen molar-refractivity contribution in [1.82, 2.24) is 4.98 Å². The molecular formula is C11H8ClFN2S. The maximum atomic E-state index is 13.4. The normalized spacial score (nSPS) is 10.4. The molecule has 0 spiro atoms. The van der Waals surface area contributed by atoms with Crippen molar-refractivity contribution in [2.24, 2.45) is 0 Å². The van der Waals surface area contributed by atoms with Crippen molar-refractivity contribution in [3.05, 3.63) is 47.4 Å². The van der Waals surface area contributed by atoms with E-state index >= 15 is 0 Å². The molecule has 2 rings (SSSR count). The topological polar surface area (TPSA) is 38.9 Å². The lowest BCUT2D eigenvalue weighted by atomic mass is 10.3. The second-order valence-corrected chi connectivity index (χ2v) is 4.53. The summed E-state index contributed by atoms with van der Waals surface area (Å²) in [5.74, 6) is -0.290. The van der Waals surface area contributed by atoms with Crippen LogP contribution in [0.3, 0.4) is 0 Å². The van der Waals surface area contributed by atoms with Gasteiger partial charge >= 0.3 is 0 Å². The molecule has 0 unspecified atom stereocenters. The maximum absolute atomic E-state index is 13.4. The average Bonchev–Trinajstić information content (AvgIpc) is 2.25. The first kappa shape index (κ1) is 11.2. The van der Waals surface area contributed by atoms with E-state index in [1.165, 1.54) is 24.0 Å². The lowest BCUT2D eigenvalue weighted by molar-refractivity contribution is 0.602. The smallest absolute Gasteiger partial charge is 0.137 e. The molecule has 0 bridgehead atoms. The van der Waals surface area contributed by atoms with Gasteiger partial charge in [-0.2, -0.15) is 0 Å². The highest BCUT2D eigenvalue weighted by atomic mass is 35.5. The fourth-order valence-electron chi connectivity index (χ4n) is 1.15. The number of anilines is 1. The Labute approximate surface area is 102 Å². The SMILES string of the molecule is Nc1cnc(Sc2ccccc2F)c(Cl)c1. The van der Waals surface area contributed by atoms with Crippen molar-refractivity contribution in [2.45, 2.75) is 9.92 Å². The Balaban J connectivity index is 2.31. The Morgan fingerprint density at radius 1 is 1.31 bits per heavy atom. The van der Waals surface area contributed by atoms with E-state index in [9.17, 15) is 4.39 Å². The van der Waals surface area contributed by atoms with Crippen LogP contribution in [0.2, 0.25) is 5.02 Å². The van der Waals surface area contributed by atoms with E-state index in [0.717, 1.165) is 0 Å². The summed E-state index contributed by atoms with van der Waals surface area (Å²) in [4.78, 5) is 4.54. The van der Waals surface area contributed by atoms with Crippen molar-refractivity contribution in [3.63, 3.8) is 0 Å². The second kappa shape index (κ2) is 4.72. The standard InChI is InChI=1S/C11H8ClFN2S/c12-8-5-7(14)6-15-11(8)16-10-4-2-1-3-9(10)13/h1-6H,14H2. The third-order valence-electron chi connectivity index (χ3n) is 1.87. The molecule has 0 radical (unpaired) electrons. The van der Waals surface area contributed by atoms with Crippen LogP contribution in [-0.2, 0) is 0 Å². The summed E-state index contributed by atoms with van der Waals surface area (Å²) in [6.07, 6.45) is 1.50. The van der Waals surface area contributed by atoms with Crippen molar-refractivity contribution in [2.75, 3.05) is 5.73 Å². The highest BCUT2D eigenvalue weighted by molar-refractivity contribution is 7.99. The highest BCUT2D eigenvalue weighted by Gasteiger charge is 2.08. The number of aromatic nitrogens is 1. The van der Waals surface area contributed by atoms with E-state index in [1.54, 1.807) is 24.3 Å². The Bertz CT molecular complexity index is 519. The maximum Gasteiger partial charge on any atom is 0.137 e. The third kappa shape index (κ3) is 2.46. The van der Waals surface area contributed by atoms with Crippen LogP contribution in [0.5, 0.6) is 0 Å². The molecule has 0 amide bonds. The molecule has 5 heteroatoms. The van der Waals surface area contributed by atoms with E-state index in [0.29, 0.717) is 20.6 Å². The zero-order valence-electron chi connectivity index (χ0n) is 8.15. The number of benzene rings is 1. The molecule has 0 saturated carbocycles. The Kier molecular flexibility index (Phi) is 3.31. The van der Waals surface area contributed by atoms with E-state index in [-0.39, 0.29) is 5.82 Å². The molecule has 0 aliphatic carbocycles. The van der Waals surface area contributed by atoms with Gasteiger partial charge in [0, 0.05) is 4.90 Å². The van der Waals surface area contributed by atoms with Crippen LogP contribution in [0.1, 0.15) is 0 Å². The zero-order chi connectivity index (χ0) is 11.5. The van der Waals surface area contributed by atoms with Gasteiger partial charge < -0.3 is 5.73 Å². The minimum atomic E-state index is -0.290. The zero-order valence-corrected chi connectivity index (χ0v) is 9.73.